The van der Waals surface area contributed by atoms with Crippen molar-refractivity contribution in [2.75, 3.05) is 7.05 Å². The van der Waals surface area contributed by atoms with Gasteiger partial charge in [-0.05, 0) is 29.8 Å². The number of nitro benzene ring substituents is 1. The second-order valence-corrected chi connectivity index (χ2v) is 5.11. The van der Waals surface area contributed by atoms with Crippen LogP contribution in [0.5, 0.6) is 0 Å². The fourth-order valence-corrected chi connectivity index (χ4v) is 2.14. The highest BCUT2D eigenvalue weighted by molar-refractivity contribution is 6.31. The van der Waals surface area contributed by atoms with E-state index in [0.717, 1.165) is 6.07 Å². The lowest BCUT2D eigenvalue weighted by Crippen LogP contribution is -2.26. The maximum atomic E-state index is 13.2. The van der Waals surface area contributed by atoms with Crippen LogP contribution in [0.2, 0.25) is 5.02 Å². The molecule has 0 fully saturated rings. The molecule has 2 rings (SSSR count). The minimum absolute atomic E-state index is 0.0792. The van der Waals surface area contributed by atoms with Crippen molar-refractivity contribution in [3.05, 3.63) is 74.5 Å². The molecule has 0 unspecified atom stereocenters. The van der Waals surface area contributed by atoms with Gasteiger partial charge in [0, 0.05) is 36.3 Å². The van der Waals surface area contributed by atoms with Crippen LogP contribution in [0.25, 0.3) is 0 Å². The van der Waals surface area contributed by atoms with Gasteiger partial charge in [-0.2, -0.15) is 0 Å². The molecule has 0 saturated carbocycles. The van der Waals surface area contributed by atoms with Gasteiger partial charge >= 0.3 is 0 Å². The molecule has 2 aromatic carbocycles. The van der Waals surface area contributed by atoms with Crippen LogP contribution >= 0.6 is 11.6 Å². The normalized spacial score (nSPS) is 10.3. The molecule has 0 heterocycles. The molecule has 0 bridgehead atoms. The highest BCUT2D eigenvalue weighted by Crippen LogP contribution is 2.23. The summed E-state index contributed by atoms with van der Waals surface area (Å²) in [5.74, 6) is -0.908. The van der Waals surface area contributed by atoms with Gasteiger partial charge in [-0.25, -0.2) is 4.39 Å². The molecule has 0 aliphatic heterocycles. The summed E-state index contributed by atoms with van der Waals surface area (Å²) in [7, 11) is 1.52. The Labute approximate surface area is 131 Å². The van der Waals surface area contributed by atoms with Gasteiger partial charge < -0.3 is 4.90 Å². The highest BCUT2D eigenvalue weighted by Gasteiger charge is 2.16. The first kappa shape index (κ1) is 15.9. The van der Waals surface area contributed by atoms with Crippen LogP contribution in [-0.4, -0.2) is 22.8 Å². The van der Waals surface area contributed by atoms with Crippen molar-refractivity contribution >= 4 is 23.2 Å². The molecular weight excluding hydrogens is 311 g/mol. The number of halogens is 2. The first-order valence-corrected chi connectivity index (χ1v) is 6.70. The van der Waals surface area contributed by atoms with Crippen molar-refractivity contribution in [3.8, 4) is 0 Å². The molecular formula is C15H12ClFN2O3. The van der Waals surface area contributed by atoms with Crippen molar-refractivity contribution in [2.24, 2.45) is 0 Å². The smallest absolute Gasteiger partial charge is 0.269 e. The first-order chi connectivity index (χ1) is 10.4. The molecule has 0 spiro atoms. The van der Waals surface area contributed by atoms with E-state index >= 15 is 0 Å². The molecule has 0 aromatic heterocycles. The van der Waals surface area contributed by atoms with Crippen molar-refractivity contribution < 1.29 is 14.1 Å². The van der Waals surface area contributed by atoms with E-state index in [1.165, 1.54) is 48.3 Å². The summed E-state index contributed by atoms with van der Waals surface area (Å²) in [6, 6.07) is 9.34. The Bertz CT molecular complexity index is 736. The van der Waals surface area contributed by atoms with Crippen LogP contribution in [0.1, 0.15) is 15.9 Å². The zero-order valence-corrected chi connectivity index (χ0v) is 12.4. The second kappa shape index (κ2) is 6.53. The lowest BCUT2D eigenvalue weighted by Gasteiger charge is -2.18. The third kappa shape index (κ3) is 3.59. The van der Waals surface area contributed by atoms with E-state index in [4.69, 9.17) is 11.6 Å². The minimum atomic E-state index is -0.534. The van der Waals surface area contributed by atoms with Crippen molar-refractivity contribution in [1.82, 2.24) is 4.90 Å². The topological polar surface area (TPSA) is 63.4 Å². The molecule has 0 aliphatic rings. The zero-order valence-electron chi connectivity index (χ0n) is 11.6. The van der Waals surface area contributed by atoms with Gasteiger partial charge in [0.05, 0.1) is 4.92 Å². The van der Waals surface area contributed by atoms with Crippen LogP contribution in [0.15, 0.2) is 42.5 Å². The third-order valence-electron chi connectivity index (χ3n) is 3.07. The Morgan fingerprint density at radius 1 is 1.32 bits per heavy atom. The zero-order chi connectivity index (χ0) is 16.3. The molecule has 7 heteroatoms. The van der Waals surface area contributed by atoms with Crippen LogP contribution < -0.4 is 0 Å². The summed E-state index contributed by atoms with van der Waals surface area (Å²) >= 11 is 6.00. The monoisotopic (exact) mass is 322 g/mol. The Balaban J connectivity index is 2.21. The van der Waals surface area contributed by atoms with E-state index in [-0.39, 0.29) is 17.8 Å². The number of nitrogens with zero attached hydrogens (tertiary/aromatic N) is 2. The predicted molar refractivity (Wildman–Crippen MR) is 80.3 cm³/mol. The molecule has 2 aromatic rings. The van der Waals surface area contributed by atoms with Gasteiger partial charge in [-0.15, -0.1) is 0 Å². The summed E-state index contributed by atoms with van der Waals surface area (Å²) in [5, 5.41) is 11.1. The van der Waals surface area contributed by atoms with Gasteiger partial charge in [-0.3, -0.25) is 14.9 Å². The number of hydrogen-bond acceptors (Lipinski definition) is 3. The quantitative estimate of drug-likeness (QED) is 0.637. The van der Waals surface area contributed by atoms with Crippen LogP contribution in [0, 0.1) is 15.9 Å². The lowest BCUT2D eigenvalue weighted by molar-refractivity contribution is -0.384. The number of carbonyl (C=O) groups is 1. The third-order valence-corrected chi connectivity index (χ3v) is 3.43. The second-order valence-electron chi connectivity index (χ2n) is 4.70. The van der Waals surface area contributed by atoms with Gasteiger partial charge in [0.15, 0.2) is 0 Å². The number of hydrogen-bond donors (Lipinski definition) is 0. The number of rotatable bonds is 4. The standard InChI is InChI=1S/C15H12ClFN2O3/c1-18(15(20)10-3-2-4-12(17)7-10)9-11-8-13(19(21)22)5-6-14(11)16/h2-8H,9H2,1H3. The Morgan fingerprint density at radius 2 is 2.05 bits per heavy atom. The van der Waals surface area contributed by atoms with E-state index < -0.39 is 16.6 Å². The number of nitro groups is 1. The number of non-ortho nitro benzene ring substituents is 1. The number of benzene rings is 2. The van der Waals surface area contributed by atoms with Crippen LogP contribution in [-0.2, 0) is 6.54 Å². The molecule has 5 nitrogen and oxygen atoms in total. The summed E-state index contributed by atoms with van der Waals surface area (Å²) in [4.78, 5) is 23.8. The van der Waals surface area contributed by atoms with Gasteiger partial charge in [0.25, 0.3) is 11.6 Å². The van der Waals surface area contributed by atoms with E-state index in [0.29, 0.717) is 10.6 Å². The number of amides is 1. The predicted octanol–water partition coefficient (Wildman–Crippen LogP) is 3.66. The summed E-state index contributed by atoms with van der Waals surface area (Å²) in [5.41, 5.74) is 0.540. The Morgan fingerprint density at radius 3 is 2.68 bits per heavy atom. The van der Waals surface area contributed by atoms with Gasteiger partial charge in [0.1, 0.15) is 5.82 Å². The summed E-state index contributed by atoms with van der Waals surface area (Å²) in [6.45, 7) is 0.0792. The van der Waals surface area contributed by atoms with Gasteiger partial charge in [0.2, 0.25) is 0 Å². The van der Waals surface area contributed by atoms with Gasteiger partial charge in [-0.1, -0.05) is 17.7 Å². The molecule has 1 amide bonds. The fraction of sp³-hybridized carbons (Fsp3) is 0.133. The maximum absolute atomic E-state index is 13.2. The lowest BCUT2D eigenvalue weighted by atomic mass is 10.1. The molecule has 0 N–H and O–H groups in total. The molecule has 0 radical (unpaired) electrons. The van der Waals surface area contributed by atoms with E-state index in [1.807, 2.05) is 0 Å². The van der Waals surface area contributed by atoms with Crippen molar-refractivity contribution in [1.29, 1.82) is 0 Å². The van der Waals surface area contributed by atoms with Crippen LogP contribution in [0.3, 0.4) is 0 Å². The largest absolute Gasteiger partial charge is 0.337 e. The molecule has 0 saturated heterocycles. The number of carbonyl (C=O) groups excluding carboxylic acids is 1. The summed E-state index contributed by atoms with van der Waals surface area (Å²) in [6.07, 6.45) is 0. The van der Waals surface area contributed by atoms with Crippen molar-refractivity contribution in [3.63, 3.8) is 0 Å². The van der Waals surface area contributed by atoms with E-state index in [1.54, 1.807) is 0 Å². The van der Waals surface area contributed by atoms with E-state index in [2.05, 4.69) is 0 Å². The minimum Gasteiger partial charge on any atom is -0.337 e. The molecule has 22 heavy (non-hydrogen) atoms. The molecule has 114 valence electrons. The highest BCUT2D eigenvalue weighted by atomic mass is 35.5. The summed E-state index contributed by atoms with van der Waals surface area (Å²) < 4.78 is 13.2. The van der Waals surface area contributed by atoms with Crippen LogP contribution in [0.4, 0.5) is 10.1 Å². The fourth-order valence-electron chi connectivity index (χ4n) is 1.97. The first-order valence-electron chi connectivity index (χ1n) is 6.32. The van der Waals surface area contributed by atoms with Crippen molar-refractivity contribution in [2.45, 2.75) is 6.54 Å². The van der Waals surface area contributed by atoms with E-state index in [9.17, 15) is 19.3 Å². The average molecular weight is 323 g/mol. The maximum Gasteiger partial charge on any atom is 0.269 e. The SMILES string of the molecule is CN(Cc1cc([N+](=O)[O-])ccc1Cl)C(=O)c1cccc(F)c1. The Hall–Kier alpha value is -2.47. The average Bonchev–Trinajstić information content (AvgIpc) is 2.48. The Kier molecular flexibility index (Phi) is 4.72. The molecule has 0 atom stereocenters. The molecule has 0 aliphatic carbocycles.